The number of sulfonamides is 1. The first-order chi connectivity index (χ1) is 16.4. The summed E-state index contributed by atoms with van der Waals surface area (Å²) in [6, 6.07) is 16.1. The molecule has 2 aromatic carbocycles. The fourth-order valence-electron chi connectivity index (χ4n) is 4.52. The van der Waals surface area contributed by atoms with Crippen molar-refractivity contribution < 1.29 is 13.2 Å². The molecule has 174 valence electrons. The Morgan fingerprint density at radius 3 is 2.50 bits per heavy atom. The van der Waals surface area contributed by atoms with Gasteiger partial charge in [-0.25, -0.2) is 8.42 Å². The van der Waals surface area contributed by atoms with E-state index in [-0.39, 0.29) is 10.8 Å². The summed E-state index contributed by atoms with van der Waals surface area (Å²) in [5.41, 5.74) is 4.10. The number of anilines is 1. The number of rotatable bonds is 4. The number of carbonyl (C=O) groups excluding carboxylic acids is 1. The molecule has 0 atom stereocenters. The normalized spacial score (nSPS) is 16.4. The number of nitrogens with one attached hydrogen (secondary N) is 1. The lowest BCUT2D eigenvalue weighted by atomic mass is 10.0. The maximum absolute atomic E-state index is 13.2. The first-order valence-corrected chi connectivity index (χ1v) is 13.3. The Kier molecular flexibility index (Phi) is 6.00. The van der Waals surface area contributed by atoms with E-state index in [2.05, 4.69) is 16.3 Å². The zero-order chi connectivity index (χ0) is 23.9. The zero-order valence-corrected chi connectivity index (χ0v) is 20.4. The van der Waals surface area contributed by atoms with Crippen LogP contribution in [-0.4, -0.2) is 43.7 Å². The molecule has 0 unspecified atom stereocenters. The van der Waals surface area contributed by atoms with Gasteiger partial charge in [-0.05, 0) is 60.8 Å². The van der Waals surface area contributed by atoms with Crippen LogP contribution in [0.5, 0.6) is 0 Å². The van der Waals surface area contributed by atoms with Crippen molar-refractivity contribution in [3.05, 3.63) is 81.2 Å². The molecule has 3 heterocycles. The predicted octanol–water partition coefficient (Wildman–Crippen LogP) is 3.61. The number of thiophene rings is 1. The molecule has 0 saturated heterocycles. The summed E-state index contributed by atoms with van der Waals surface area (Å²) in [4.78, 5) is 16.3. The third-order valence-electron chi connectivity index (χ3n) is 6.44. The van der Waals surface area contributed by atoms with Crippen LogP contribution in [0.15, 0.2) is 53.4 Å². The lowest BCUT2D eigenvalue weighted by molar-refractivity contribution is 0.102. The van der Waals surface area contributed by atoms with Gasteiger partial charge in [-0.15, -0.1) is 11.3 Å². The SMILES string of the molecule is CN1CCc2c(sc(NC(=O)c3ccc(S(=O)(=O)N4CCc5ccccc5C4)cc3)c2C#N)C1. The van der Waals surface area contributed by atoms with Crippen molar-refractivity contribution in [3.8, 4) is 6.07 Å². The molecule has 3 aromatic rings. The number of likely N-dealkylation sites (N-methyl/N-ethyl adjacent to an activating group) is 1. The number of hydrogen-bond donors (Lipinski definition) is 1. The second-order valence-corrected chi connectivity index (χ2v) is 11.7. The molecule has 0 saturated carbocycles. The molecule has 34 heavy (non-hydrogen) atoms. The standard InChI is InChI=1S/C25H24N4O3S2/c1-28-12-11-21-22(14-26)25(33-23(21)16-28)27-24(30)18-6-8-20(9-7-18)34(31,32)29-13-10-17-4-2-3-5-19(17)15-29/h2-9H,10-13,15-16H2,1H3,(H,27,30). The van der Waals surface area contributed by atoms with E-state index in [0.29, 0.717) is 35.6 Å². The number of carbonyl (C=O) groups is 1. The Morgan fingerprint density at radius 1 is 1.03 bits per heavy atom. The van der Waals surface area contributed by atoms with Crippen LogP contribution in [0, 0.1) is 11.3 Å². The van der Waals surface area contributed by atoms with Crippen LogP contribution in [0.2, 0.25) is 0 Å². The predicted molar refractivity (Wildman–Crippen MR) is 131 cm³/mol. The molecule has 1 aromatic heterocycles. The van der Waals surface area contributed by atoms with Gasteiger partial charge in [0.05, 0.1) is 10.5 Å². The second kappa shape index (κ2) is 8.96. The van der Waals surface area contributed by atoms with Crippen molar-refractivity contribution in [2.45, 2.75) is 30.8 Å². The van der Waals surface area contributed by atoms with E-state index in [1.807, 2.05) is 31.3 Å². The van der Waals surface area contributed by atoms with Gasteiger partial charge in [0.1, 0.15) is 11.1 Å². The molecule has 7 nitrogen and oxygen atoms in total. The monoisotopic (exact) mass is 492 g/mol. The molecule has 0 aliphatic carbocycles. The molecule has 0 spiro atoms. The molecular formula is C25H24N4O3S2. The van der Waals surface area contributed by atoms with Crippen molar-refractivity contribution in [2.24, 2.45) is 0 Å². The van der Waals surface area contributed by atoms with E-state index in [1.165, 1.54) is 45.5 Å². The lowest BCUT2D eigenvalue weighted by Crippen LogP contribution is -2.35. The van der Waals surface area contributed by atoms with E-state index >= 15 is 0 Å². The summed E-state index contributed by atoms with van der Waals surface area (Å²) in [5, 5.41) is 13.1. The molecule has 0 fully saturated rings. The topological polar surface area (TPSA) is 93.5 Å². The Morgan fingerprint density at radius 2 is 1.76 bits per heavy atom. The van der Waals surface area contributed by atoms with Gasteiger partial charge in [-0.3, -0.25) is 4.79 Å². The van der Waals surface area contributed by atoms with E-state index in [1.54, 1.807) is 0 Å². The number of hydrogen-bond acceptors (Lipinski definition) is 6. The van der Waals surface area contributed by atoms with Crippen molar-refractivity contribution in [1.29, 1.82) is 5.26 Å². The van der Waals surface area contributed by atoms with Crippen LogP contribution in [0.4, 0.5) is 5.00 Å². The number of benzene rings is 2. The van der Waals surface area contributed by atoms with Gasteiger partial charge in [0, 0.05) is 36.6 Å². The summed E-state index contributed by atoms with van der Waals surface area (Å²) in [7, 11) is -1.64. The molecule has 9 heteroatoms. The number of fused-ring (bicyclic) bond motifs is 2. The highest BCUT2D eigenvalue weighted by Crippen LogP contribution is 2.36. The summed E-state index contributed by atoms with van der Waals surface area (Å²) in [6.07, 6.45) is 1.46. The summed E-state index contributed by atoms with van der Waals surface area (Å²) < 4.78 is 27.8. The molecule has 1 N–H and O–H groups in total. The highest BCUT2D eigenvalue weighted by Gasteiger charge is 2.29. The Balaban J connectivity index is 1.33. The summed E-state index contributed by atoms with van der Waals surface area (Å²) in [5.74, 6) is -0.362. The molecule has 2 aliphatic heterocycles. The molecule has 2 aliphatic rings. The highest BCUT2D eigenvalue weighted by molar-refractivity contribution is 7.89. The number of nitrogens with zero attached hydrogens (tertiary/aromatic N) is 3. The van der Waals surface area contributed by atoms with Crippen LogP contribution in [0.3, 0.4) is 0 Å². The largest absolute Gasteiger partial charge is 0.312 e. The van der Waals surface area contributed by atoms with Crippen LogP contribution in [-0.2, 0) is 36.0 Å². The average Bonchev–Trinajstić information content (AvgIpc) is 3.19. The van der Waals surface area contributed by atoms with Crippen LogP contribution in [0.1, 0.15) is 37.5 Å². The third-order valence-corrected chi connectivity index (χ3v) is 9.43. The minimum absolute atomic E-state index is 0.163. The van der Waals surface area contributed by atoms with E-state index < -0.39 is 10.0 Å². The van der Waals surface area contributed by atoms with E-state index in [0.717, 1.165) is 35.5 Å². The number of nitriles is 1. The minimum atomic E-state index is -3.67. The van der Waals surface area contributed by atoms with E-state index in [4.69, 9.17) is 0 Å². The lowest BCUT2D eigenvalue weighted by Gasteiger charge is -2.28. The average molecular weight is 493 g/mol. The maximum atomic E-state index is 13.2. The van der Waals surface area contributed by atoms with Gasteiger partial charge in [-0.1, -0.05) is 24.3 Å². The summed E-state index contributed by atoms with van der Waals surface area (Å²) >= 11 is 1.44. The van der Waals surface area contributed by atoms with Gasteiger partial charge in [0.25, 0.3) is 5.91 Å². The Hall–Kier alpha value is -3.03. The van der Waals surface area contributed by atoms with Crippen LogP contribution < -0.4 is 5.32 Å². The smallest absolute Gasteiger partial charge is 0.256 e. The van der Waals surface area contributed by atoms with Gasteiger partial charge >= 0.3 is 0 Å². The third kappa shape index (κ3) is 4.14. The number of amides is 1. The molecule has 5 rings (SSSR count). The second-order valence-electron chi connectivity index (χ2n) is 8.64. The van der Waals surface area contributed by atoms with Crippen molar-refractivity contribution in [3.63, 3.8) is 0 Å². The van der Waals surface area contributed by atoms with Gasteiger partial charge in [0.2, 0.25) is 10.0 Å². The fourth-order valence-corrected chi connectivity index (χ4v) is 7.21. The molecular weight excluding hydrogens is 468 g/mol. The minimum Gasteiger partial charge on any atom is -0.312 e. The highest BCUT2D eigenvalue weighted by atomic mass is 32.2. The van der Waals surface area contributed by atoms with Crippen molar-refractivity contribution in [2.75, 3.05) is 25.5 Å². The first-order valence-electron chi connectivity index (χ1n) is 11.1. The van der Waals surface area contributed by atoms with Crippen molar-refractivity contribution >= 4 is 32.3 Å². The summed E-state index contributed by atoms with van der Waals surface area (Å²) in [6.45, 7) is 2.41. The molecule has 1 amide bonds. The Bertz CT molecular complexity index is 1400. The quantitative estimate of drug-likeness (QED) is 0.601. The molecule has 0 radical (unpaired) electrons. The van der Waals surface area contributed by atoms with Gasteiger partial charge < -0.3 is 10.2 Å². The van der Waals surface area contributed by atoms with Gasteiger partial charge in [-0.2, -0.15) is 9.57 Å². The van der Waals surface area contributed by atoms with Crippen LogP contribution in [0.25, 0.3) is 0 Å². The fraction of sp³-hybridized carbons (Fsp3) is 0.280. The maximum Gasteiger partial charge on any atom is 0.256 e. The first kappa shape index (κ1) is 22.7. The van der Waals surface area contributed by atoms with E-state index in [9.17, 15) is 18.5 Å². The van der Waals surface area contributed by atoms with Crippen molar-refractivity contribution in [1.82, 2.24) is 9.21 Å². The Labute approximate surface area is 203 Å². The van der Waals surface area contributed by atoms with Crippen LogP contribution >= 0.6 is 11.3 Å². The molecule has 0 bridgehead atoms. The van der Waals surface area contributed by atoms with Gasteiger partial charge in [0.15, 0.2) is 0 Å². The zero-order valence-electron chi connectivity index (χ0n) is 18.7.